The Morgan fingerprint density at radius 2 is 2.00 bits per heavy atom. The second-order valence-electron chi connectivity index (χ2n) is 4.51. The molecule has 1 aromatic carbocycles. The van der Waals surface area contributed by atoms with Gasteiger partial charge < -0.3 is 10.3 Å². The Labute approximate surface area is 116 Å². The summed E-state index contributed by atoms with van der Waals surface area (Å²) in [6, 6.07) is 5.17. The maximum Gasteiger partial charge on any atom is 0.413 e. The lowest BCUT2D eigenvalue weighted by atomic mass is 10.0. The van der Waals surface area contributed by atoms with Crippen LogP contribution in [0.4, 0.5) is 13.2 Å². The van der Waals surface area contributed by atoms with Gasteiger partial charge in [0.1, 0.15) is 5.82 Å². The third-order valence-corrected chi connectivity index (χ3v) is 3.57. The van der Waals surface area contributed by atoms with Crippen LogP contribution < -0.4 is 5.73 Å². The second-order valence-corrected chi connectivity index (χ2v) is 5.43. The Balaban J connectivity index is 2.74. The third kappa shape index (κ3) is 2.25. The molecular formula is C12H13BrF3N3. The SMILES string of the molecule is CCn1c(C(C)(N)C(F)(F)F)nc2cc(Br)ccc21. The van der Waals surface area contributed by atoms with E-state index in [1.807, 2.05) is 0 Å². The molecule has 0 amide bonds. The van der Waals surface area contributed by atoms with Gasteiger partial charge >= 0.3 is 6.18 Å². The van der Waals surface area contributed by atoms with E-state index in [4.69, 9.17) is 5.73 Å². The second kappa shape index (κ2) is 4.49. The van der Waals surface area contributed by atoms with E-state index in [0.717, 1.165) is 11.4 Å². The first-order chi connectivity index (χ1) is 8.68. The van der Waals surface area contributed by atoms with Crippen molar-refractivity contribution in [2.24, 2.45) is 5.73 Å². The van der Waals surface area contributed by atoms with Crippen LogP contribution in [0.2, 0.25) is 0 Å². The minimum atomic E-state index is -4.56. The molecule has 0 spiro atoms. The van der Waals surface area contributed by atoms with Gasteiger partial charge in [-0.15, -0.1) is 0 Å². The first-order valence-electron chi connectivity index (χ1n) is 5.70. The van der Waals surface area contributed by atoms with Gasteiger partial charge in [0, 0.05) is 11.0 Å². The van der Waals surface area contributed by atoms with Crippen LogP contribution >= 0.6 is 15.9 Å². The summed E-state index contributed by atoms with van der Waals surface area (Å²) in [6.45, 7) is 3.07. The van der Waals surface area contributed by atoms with Gasteiger partial charge in [-0.3, -0.25) is 0 Å². The highest BCUT2D eigenvalue weighted by molar-refractivity contribution is 9.10. The molecular weight excluding hydrogens is 323 g/mol. The van der Waals surface area contributed by atoms with Gasteiger partial charge in [-0.2, -0.15) is 13.2 Å². The molecule has 2 N–H and O–H groups in total. The summed E-state index contributed by atoms with van der Waals surface area (Å²) < 4.78 is 41.4. The summed E-state index contributed by atoms with van der Waals surface area (Å²) in [5.74, 6) is -0.171. The van der Waals surface area contributed by atoms with Crippen LogP contribution in [0, 0.1) is 0 Å². The number of hydrogen-bond donors (Lipinski definition) is 1. The number of aryl methyl sites for hydroxylation is 1. The van der Waals surface area contributed by atoms with Crippen molar-refractivity contribution in [3.63, 3.8) is 0 Å². The monoisotopic (exact) mass is 335 g/mol. The van der Waals surface area contributed by atoms with Crippen molar-refractivity contribution in [1.29, 1.82) is 0 Å². The van der Waals surface area contributed by atoms with Gasteiger partial charge in [0.2, 0.25) is 0 Å². The standard InChI is InChI=1S/C12H13BrF3N3/c1-3-19-9-5-4-7(13)6-8(9)18-10(19)11(2,17)12(14,15)16/h4-6H,3,17H2,1-2H3. The van der Waals surface area contributed by atoms with E-state index >= 15 is 0 Å². The summed E-state index contributed by atoms with van der Waals surface area (Å²) in [5.41, 5.74) is 4.13. The van der Waals surface area contributed by atoms with Crippen molar-refractivity contribution in [1.82, 2.24) is 9.55 Å². The summed E-state index contributed by atoms with van der Waals surface area (Å²) in [5, 5.41) is 0. The largest absolute Gasteiger partial charge is 0.413 e. The Bertz CT molecular complexity index is 616. The van der Waals surface area contributed by atoms with Crippen molar-refractivity contribution in [3.05, 3.63) is 28.5 Å². The summed E-state index contributed by atoms with van der Waals surface area (Å²) >= 11 is 3.28. The highest BCUT2D eigenvalue weighted by Gasteiger charge is 2.52. The first-order valence-corrected chi connectivity index (χ1v) is 6.49. The molecule has 0 saturated heterocycles. The average Bonchev–Trinajstić information content (AvgIpc) is 2.65. The molecule has 2 rings (SSSR count). The minimum Gasteiger partial charge on any atom is -0.326 e. The fraction of sp³-hybridized carbons (Fsp3) is 0.417. The molecule has 104 valence electrons. The maximum atomic E-state index is 13.1. The van der Waals surface area contributed by atoms with Crippen LogP contribution in [0.1, 0.15) is 19.7 Å². The van der Waals surface area contributed by atoms with Crippen molar-refractivity contribution >= 4 is 27.0 Å². The predicted octanol–water partition coefficient (Wildman–Crippen LogP) is 3.55. The fourth-order valence-electron chi connectivity index (χ4n) is 1.95. The fourth-order valence-corrected chi connectivity index (χ4v) is 2.30. The smallest absolute Gasteiger partial charge is 0.326 e. The Morgan fingerprint density at radius 3 is 2.53 bits per heavy atom. The van der Waals surface area contributed by atoms with E-state index in [2.05, 4.69) is 20.9 Å². The normalized spacial score (nSPS) is 15.7. The third-order valence-electron chi connectivity index (χ3n) is 3.08. The van der Waals surface area contributed by atoms with E-state index in [1.165, 1.54) is 4.57 Å². The van der Waals surface area contributed by atoms with Crippen molar-refractivity contribution in [3.8, 4) is 0 Å². The number of benzene rings is 1. The number of halogens is 4. The highest BCUT2D eigenvalue weighted by Crippen LogP contribution is 2.37. The molecule has 0 bridgehead atoms. The van der Waals surface area contributed by atoms with Crippen molar-refractivity contribution in [2.75, 3.05) is 0 Å². The van der Waals surface area contributed by atoms with E-state index in [0.29, 0.717) is 17.6 Å². The molecule has 0 aliphatic rings. The van der Waals surface area contributed by atoms with Gasteiger partial charge in [-0.1, -0.05) is 15.9 Å². The molecule has 0 saturated carbocycles. The number of hydrogen-bond acceptors (Lipinski definition) is 2. The molecule has 0 radical (unpaired) electrons. The number of nitrogens with zero attached hydrogens (tertiary/aromatic N) is 2. The lowest BCUT2D eigenvalue weighted by Gasteiger charge is -2.27. The predicted molar refractivity (Wildman–Crippen MR) is 70.7 cm³/mol. The molecule has 7 heteroatoms. The highest BCUT2D eigenvalue weighted by atomic mass is 79.9. The van der Waals surface area contributed by atoms with E-state index in [9.17, 15) is 13.2 Å². The molecule has 3 nitrogen and oxygen atoms in total. The molecule has 0 fully saturated rings. The zero-order valence-corrected chi connectivity index (χ0v) is 12.0. The van der Waals surface area contributed by atoms with Crippen LogP contribution in [0.5, 0.6) is 0 Å². The molecule has 19 heavy (non-hydrogen) atoms. The van der Waals surface area contributed by atoms with Gasteiger partial charge in [0.25, 0.3) is 0 Å². The number of rotatable bonds is 2. The van der Waals surface area contributed by atoms with Crippen molar-refractivity contribution in [2.45, 2.75) is 32.1 Å². The lowest BCUT2D eigenvalue weighted by molar-refractivity contribution is -0.186. The Kier molecular flexibility index (Phi) is 3.38. The molecule has 1 unspecified atom stereocenters. The number of alkyl halides is 3. The summed E-state index contributed by atoms with van der Waals surface area (Å²) in [4.78, 5) is 4.07. The van der Waals surface area contributed by atoms with E-state index in [1.54, 1.807) is 25.1 Å². The van der Waals surface area contributed by atoms with Crippen LogP contribution in [-0.4, -0.2) is 15.7 Å². The molecule has 2 aromatic rings. The Hall–Kier alpha value is -1.08. The minimum absolute atomic E-state index is 0.171. The average molecular weight is 336 g/mol. The van der Waals surface area contributed by atoms with E-state index in [-0.39, 0.29) is 5.82 Å². The van der Waals surface area contributed by atoms with Gasteiger partial charge in [0.05, 0.1) is 11.0 Å². The molecule has 1 atom stereocenters. The topological polar surface area (TPSA) is 43.8 Å². The van der Waals surface area contributed by atoms with Gasteiger partial charge in [-0.05, 0) is 32.0 Å². The summed E-state index contributed by atoms with van der Waals surface area (Å²) in [7, 11) is 0. The van der Waals surface area contributed by atoms with Crippen LogP contribution in [0.3, 0.4) is 0 Å². The zero-order chi connectivity index (χ0) is 14.4. The van der Waals surface area contributed by atoms with Gasteiger partial charge in [-0.25, -0.2) is 4.98 Å². The van der Waals surface area contributed by atoms with E-state index < -0.39 is 11.7 Å². The molecule has 1 aromatic heterocycles. The van der Waals surface area contributed by atoms with Crippen LogP contribution in [0.25, 0.3) is 11.0 Å². The van der Waals surface area contributed by atoms with Crippen LogP contribution in [-0.2, 0) is 12.1 Å². The number of nitrogens with two attached hydrogens (primary N) is 1. The quantitative estimate of drug-likeness (QED) is 0.911. The first kappa shape index (κ1) is 14.3. The zero-order valence-electron chi connectivity index (χ0n) is 10.4. The molecule has 1 heterocycles. The number of aromatic nitrogens is 2. The van der Waals surface area contributed by atoms with Crippen LogP contribution in [0.15, 0.2) is 22.7 Å². The maximum absolute atomic E-state index is 13.1. The number of fused-ring (bicyclic) bond motifs is 1. The molecule has 0 aliphatic heterocycles. The molecule has 0 aliphatic carbocycles. The number of imidazole rings is 1. The lowest BCUT2D eigenvalue weighted by Crippen LogP contribution is -2.49. The van der Waals surface area contributed by atoms with Crippen molar-refractivity contribution < 1.29 is 13.2 Å². The Morgan fingerprint density at radius 1 is 1.37 bits per heavy atom. The van der Waals surface area contributed by atoms with Gasteiger partial charge in [0.15, 0.2) is 5.54 Å². The summed E-state index contributed by atoms with van der Waals surface area (Å²) in [6.07, 6.45) is -4.56.